The van der Waals surface area contributed by atoms with Gasteiger partial charge in [0.25, 0.3) is 0 Å². The Morgan fingerprint density at radius 2 is 0.881 bits per heavy atom. The fraction of sp³-hybridized carbons (Fsp3) is 0. The quantitative estimate of drug-likeness (QED) is 0.224. The zero-order valence-electron chi connectivity index (χ0n) is 22.3. The van der Waals surface area contributed by atoms with Crippen molar-refractivity contribution in [2.45, 2.75) is 0 Å². The number of aromatic nitrogens is 3. The summed E-state index contributed by atoms with van der Waals surface area (Å²) in [5, 5.41) is 6.37. The van der Waals surface area contributed by atoms with E-state index in [1.807, 2.05) is 84.9 Å². The van der Waals surface area contributed by atoms with Crippen molar-refractivity contribution in [2.24, 2.45) is 0 Å². The second kappa shape index (κ2) is 8.85. The predicted octanol–water partition coefficient (Wildman–Crippen LogP) is 9.82. The number of rotatable bonds is 3. The first kappa shape index (κ1) is 22.9. The Bertz CT molecular complexity index is 2470. The van der Waals surface area contributed by atoms with Gasteiger partial charge in [-0.15, -0.1) is 0 Å². The summed E-state index contributed by atoms with van der Waals surface area (Å²) in [5.74, 6) is 1.83. The fourth-order valence-electron chi connectivity index (χ4n) is 6.07. The van der Waals surface area contributed by atoms with Crippen molar-refractivity contribution in [1.82, 2.24) is 15.0 Å². The molecule has 0 spiro atoms. The van der Waals surface area contributed by atoms with Crippen LogP contribution in [0.15, 0.2) is 136 Å². The Balaban J connectivity index is 1.35. The molecule has 5 nitrogen and oxygen atoms in total. The summed E-state index contributed by atoms with van der Waals surface area (Å²) in [6.45, 7) is 0. The molecule has 0 aliphatic carbocycles. The van der Waals surface area contributed by atoms with Crippen molar-refractivity contribution in [3.63, 3.8) is 0 Å². The first-order valence-corrected chi connectivity index (χ1v) is 13.9. The standard InChI is InChI=1S/C37H21N3O2/c1-2-10-22(11-3-1)35-38-36(40-37(39-35)28-16-9-19-31-34(28)27-13-5-7-18-30(27)41-31)25-15-8-14-24-23(25)20-21-32-33(24)26-12-4-6-17-29(26)42-32/h1-21H. The highest BCUT2D eigenvalue weighted by Crippen LogP contribution is 2.39. The van der Waals surface area contributed by atoms with Crippen LogP contribution in [0.2, 0.25) is 0 Å². The van der Waals surface area contributed by atoms with Crippen LogP contribution in [0.3, 0.4) is 0 Å². The van der Waals surface area contributed by atoms with E-state index < -0.39 is 0 Å². The van der Waals surface area contributed by atoms with E-state index in [4.69, 9.17) is 23.8 Å². The molecular formula is C37H21N3O2. The van der Waals surface area contributed by atoms with Gasteiger partial charge in [0.05, 0.1) is 0 Å². The average Bonchev–Trinajstić information content (AvgIpc) is 3.63. The highest BCUT2D eigenvalue weighted by molar-refractivity contribution is 6.20. The molecule has 42 heavy (non-hydrogen) atoms. The lowest BCUT2D eigenvalue weighted by molar-refractivity contribution is 0.668. The second-order valence-corrected chi connectivity index (χ2v) is 10.4. The zero-order valence-corrected chi connectivity index (χ0v) is 22.3. The maximum absolute atomic E-state index is 6.19. The highest BCUT2D eigenvalue weighted by atomic mass is 16.3. The van der Waals surface area contributed by atoms with Gasteiger partial charge in [0.1, 0.15) is 22.3 Å². The van der Waals surface area contributed by atoms with E-state index in [9.17, 15) is 0 Å². The predicted molar refractivity (Wildman–Crippen MR) is 168 cm³/mol. The normalized spacial score (nSPS) is 11.8. The van der Waals surface area contributed by atoms with E-state index in [0.29, 0.717) is 17.5 Å². The first-order valence-electron chi connectivity index (χ1n) is 13.9. The van der Waals surface area contributed by atoms with Gasteiger partial charge in [-0.1, -0.05) is 97.1 Å². The van der Waals surface area contributed by atoms with Crippen LogP contribution < -0.4 is 0 Å². The van der Waals surface area contributed by atoms with Gasteiger partial charge < -0.3 is 8.83 Å². The Morgan fingerprint density at radius 3 is 1.67 bits per heavy atom. The average molecular weight is 540 g/mol. The van der Waals surface area contributed by atoms with E-state index in [0.717, 1.165) is 71.3 Å². The molecule has 6 aromatic carbocycles. The molecule has 196 valence electrons. The summed E-state index contributed by atoms with van der Waals surface area (Å²) < 4.78 is 12.4. The highest BCUT2D eigenvalue weighted by Gasteiger charge is 2.19. The number of nitrogens with zero attached hydrogens (tertiary/aromatic N) is 3. The molecule has 0 aliphatic rings. The molecule has 3 heterocycles. The topological polar surface area (TPSA) is 65.0 Å². The maximum atomic E-state index is 6.19. The van der Waals surface area contributed by atoms with E-state index in [2.05, 4.69) is 42.5 Å². The van der Waals surface area contributed by atoms with E-state index in [1.54, 1.807) is 0 Å². The van der Waals surface area contributed by atoms with Crippen LogP contribution in [0, 0.1) is 0 Å². The Labute approximate surface area is 239 Å². The molecule has 0 atom stereocenters. The minimum Gasteiger partial charge on any atom is -0.456 e. The molecule has 9 aromatic rings. The minimum absolute atomic E-state index is 0.600. The van der Waals surface area contributed by atoms with Crippen molar-refractivity contribution >= 4 is 54.6 Å². The van der Waals surface area contributed by atoms with Gasteiger partial charge in [0.2, 0.25) is 0 Å². The number of hydrogen-bond acceptors (Lipinski definition) is 5. The third-order valence-electron chi connectivity index (χ3n) is 7.95. The molecule has 0 saturated carbocycles. The monoisotopic (exact) mass is 539 g/mol. The second-order valence-electron chi connectivity index (χ2n) is 10.4. The largest absolute Gasteiger partial charge is 0.456 e. The number of hydrogen-bond donors (Lipinski definition) is 0. The minimum atomic E-state index is 0.600. The molecule has 0 amide bonds. The van der Waals surface area contributed by atoms with Gasteiger partial charge in [0.15, 0.2) is 17.5 Å². The molecule has 0 unspecified atom stereocenters. The lowest BCUT2D eigenvalue weighted by Crippen LogP contribution is -2.00. The van der Waals surface area contributed by atoms with Crippen molar-refractivity contribution in [1.29, 1.82) is 0 Å². The van der Waals surface area contributed by atoms with Crippen LogP contribution >= 0.6 is 0 Å². The van der Waals surface area contributed by atoms with Gasteiger partial charge in [-0.25, -0.2) is 15.0 Å². The summed E-state index contributed by atoms with van der Waals surface area (Å²) >= 11 is 0. The van der Waals surface area contributed by atoms with Crippen LogP contribution in [0.4, 0.5) is 0 Å². The molecule has 0 radical (unpaired) electrons. The van der Waals surface area contributed by atoms with Crippen molar-refractivity contribution in [3.05, 3.63) is 127 Å². The molecule has 9 rings (SSSR count). The van der Waals surface area contributed by atoms with Gasteiger partial charge in [-0.3, -0.25) is 0 Å². The van der Waals surface area contributed by atoms with E-state index in [1.165, 1.54) is 0 Å². The van der Waals surface area contributed by atoms with Crippen LogP contribution in [0.1, 0.15) is 0 Å². The molecule has 0 fully saturated rings. The van der Waals surface area contributed by atoms with Crippen LogP contribution in [0.25, 0.3) is 88.8 Å². The first-order chi connectivity index (χ1) is 20.8. The Hall–Kier alpha value is -5.81. The summed E-state index contributed by atoms with van der Waals surface area (Å²) in [5.41, 5.74) is 6.14. The summed E-state index contributed by atoms with van der Waals surface area (Å²) in [6.07, 6.45) is 0. The van der Waals surface area contributed by atoms with Gasteiger partial charge in [-0.2, -0.15) is 0 Å². The third-order valence-corrected chi connectivity index (χ3v) is 7.95. The summed E-state index contributed by atoms with van der Waals surface area (Å²) in [6, 6.07) is 42.8. The molecule has 3 aromatic heterocycles. The van der Waals surface area contributed by atoms with Gasteiger partial charge in [-0.05, 0) is 41.1 Å². The number of fused-ring (bicyclic) bond motifs is 8. The summed E-state index contributed by atoms with van der Waals surface area (Å²) in [7, 11) is 0. The number of furan rings is 2. The fourth-order valence-corrected chi connectivity index (χ4v) is 6.07. The SMILES string of the molecule is c1ccc(-c2nc(-c3cccc4c3ccc3oc5ccccc5c34)nc(-c3cccc4oc5ccccc5c34)n2)cc1. The smallest absolute Gasteiger partial charge is 0.164 e. The Morgan fingerprint density at radius 1 is 0.333 bits per heavy atom. The van der Waals surface area contributed by atoms with Crippen LogP contribution in [0.5, 0.6) is 0 Å². The Kier molecular flexibility index (Phi) is 4.83. The zero-order chi connectivity index (χ0) is 27.6. The van der Waals surface area contributed by atoms with Crippen molar-refractivity contribution in [3.8, 4) is 34.2 Å². The van der Waals surface area contributed by atoms with Crippen LogP contribution in [-0.4, -0.2) is 15.0 Å². The lowest BCUT2D eigenvalue weighted by atomic mass is 9.99. The van der Waals surface area contributed by atoms with Gasteiger partial charge >= 0.3 is 0 Å². The van der Waals surface area contributed by atoms with Gasteiger partial charge in [0, 0.05) is 38.2 Å². The van der Waals surface area contributed by atoms with Crippen LogP contribution in [-0.2, 0) is 0 Å². The summed E-state index contributed by atoms with van der Waals surface area (Å²) in [4.78, 5) is 15.2. The van der Waals surface area contributed by atoms with E-state index in [-0.39, 0.29) is 0 Å². The number of benzene rings is 6. The molecular weight excluding hydrogens is 518 g/mol. The molecule has 5 heteroatoms. The molecule has 0 bridgehead atoms. The lowest BCUT2D eigenvalue weighted by Gasteiger charge is -2.11. The van der Waals surface area contributed by atoms with Crippen molar-refractivity contribution < 1.29 is 8.83 Å². The van der Waals surface area contributed by atoms with E-state index >= 15 is 0 Å². The molecule has 0 aliphatic heterocycles. The molecule has 0 saturated heterocycles. The van der Waals surface area contributed by atoms with Crippen molar-refractivity contribution in [2.75, 3.05) is 0 Å². The maximum Gasteiger partial charge on any atom is 0.164 e. The molecule has 0 N–H and O–H groups in total. The number of para-hydroxylation sites is 2. The third kappa shape index (κ3) is 3.40.